The van der Waals surface area contributed by atoms with E-state index >= 15 is 0 Å². The number of rotatable bonds is 5. The number of H-pyrrole nitrogens is 1. The van der Waals surface area contributed by atoms with E-state index < -0.39 is 27.8 Å². The van der Waals surface area contributed by atoms with Crippen molar-refractivity contribution in [2.75, 3.05) is 0 Å². The fourth-order valence-corrected chi connectivity index (χ4v) is 4.85. The van der Waals surface area contributed by atoms with E-state index in [9.17, 15) is 21.6 Å². The Morgan fingerprint density at radius 3 is 2.25 bits per heavy atom. The molecule has 0 aliphatic heterocycles. The third-order valence-electron chi connectivity index (χ3n) is 5.16. The van der Waals surface area contributed by atoms with Gasteiger partial charge in [0.1, 0.15) is 0 Å². The van der Waals surface area contributed by atoms with Crippen molar-refractivity contribution in [2.45, 2.75) is 24.0 Å². The van der Waals surface area contributed by atoms with E-state index in [1.54, 1.807) is 36.5 Å². The zero-order valence-corrected chi connectivity index (χ0v) is 18.3. The zero-order valence-electron chi connectivity index (χ0n) is 16.7. The Balaban J connectivity index is 1.82. The van der Waals surface area contributed by atoms with Crippen LogP contribution in [0.3, 0.4) is 0 Å². The lowest BCUT2D eigenvalue weighted by atomic mass is 9.98. The summed E-state index contributed by atoms with van der Waals surface area (Å²) >= 11 is 6.05. The van der Waals surface area contributed by atoms with Gasteiger partial charge in [-0.1, -0.05) is 47.5 Å². The molecule has 9 heteroatoms. The van der Waals surface area contributed by atoms with Crippen molar-refractivity contribution in [1.29, 1.82) is 0 Å². The van der Waals surface area contributed by atoms with Crippen molar-refractivity contribution in [3.63, 3.8) is 0 Å². The van der Waals surface area contributed by atoms with Gasteiger partial charge in [-0.2, -0.15) is 17.9 Å². The average Bonchev–Trinajstić information content (AvgIpc) is 3.14. The van der Waals surface area contributed by atoms with E-state index in [2.05, 4.69) is 9.71 Å². The molecule has 0 spiro atoms. The second kappa shape index (κ2) is 8.27. The minimum absolute atomic E-state index is 0.0582. The summed E-state index contributed by atoms with van der Waals surface area (Å²) in [4.78, 5) is 3.11. The summed E-state index contributed by atoms with van der Waals surface area (Å²) in [6.45, 7) is 1.84. The molecular weight excluding hydrogens is 461 g/mol. The maximum atomic E-state index is 13.1. The number of fused-ring (bicyclic) bond motifs is 1. The lowest BCUT2D eigenvalue weighted by Gasteiger charge is -2.20. The number of aromatic amines is 1. The van der Waals surface area contributed by atoms with Crippen LogP contribution in [0.25, 0.3) is 10.9 Å². The first-order valence-electron chi connectivity index (χ1n) is 9.57. The Morgan fingerprint density at radius 1 is 0.969 bits per heavy atom. The summed E-state index contributed by atoms with van der Waals surface area (Å²) < 4.78 is 68.0. The summed E-state index contributed by atoms with van der Waals surface area (Å²) in [5.41, 5.74) is 1.69. The predicted octanol–water partition coefficient (Wildman–Crippen LogP) is 6.22. The van der Waals surface area contributed by atoms with Crippen LogP contribution in [0.4, 0.5) is 13.2 Å². The average molecular weight is 479 g/mol. The topological polar surface area (TPSA) is 62.0 Å². The van der Waals surface area contributed by atoms with Crippen molar-refractivity contribution in [3.05, 3.63) is 100 Å². The van der Waals surface area contributed by atoms with Crippen LogP contribution in [0.15, 0.2) is 77.8 Å². The second-order valence-corrected chi connectivity index (χ2v) is 9.57. The SMILES string of the molecule is Cc1ccc(S(=O)(=O)NC(c2ccc(C(F)(F)F)cc2)c2c[nH]c3cc(Cl)ccc23)cc1. The van der Waals surface area contributed by atoms with Crippen molar-refractivity contribution < 1.29 is 21.6 Å². The summed E-state index contributed by atoms with van der Waals surface area (Å²) in [5, 5.41) is 1.20. The van der Waals surface area contributed by atoms with Gasteiger partial charge in [-0.25, -0.2) is 8.42 Å². The minimum atomic E-state index is -4.49. The van der Waals surface area contributed by atoms with E-state index in [-0.39, 0.29) is 4.90 Å². The molecule has 1 unspecified atom stereocenters. The lowest BCUT2D eigenvalue weighted by molar-refractivity contribution is -0.137. The van der Waals surface area contributed by atoms with Gasteiger partial charge in [0.05, 0.1) is 16.5 Å². The molecule has 4 rings (SSSR count). The van der Waals surface area contributed by atoms with Crippen LogP contribution < -0.4 is 4.72 Å². The highest BCUT2D eigenvalue weighted by Crippen LogP contribution is 2.34. The van der Waals surface area contributed by atoms with E-state index in [0.717, 1.165) is 17.7 Å². The smallest absolute Gasteiger partial charge is 0.361 e. The standard InChI is InChI=1S/C23H18ClF3N2O2S/c1-14-2-9-18(10-3-14)32(30,31)29-22(15-4-6-16(7-5-15)23(25,26)27)20-13-28-21-12-17(24)8-11-19(20)21/h2-13,22,28-29H,1H3. The first-order chi connectivity index (χ1) is 15.0. The molecule has 0 amide bonds. The lowest BCUT2D eigenvalue weighted by Crippen LogP contribution is -2.29. The monoisotopic (exact) mass is 478 g/mol. The van der Waals surface area contributed by atoms with Gasteiger partial charge in [-0.3, -0.25) is 0 Å². The molecule has 32 heavy (non-hydrogen) atoms. The Hall–Kier alpha value is -2.81. The number of benzene rings is 3. The van der Waals surface area contributed by atoms with Gasteiger partial charge in [-0.05, 0) is 54.4 Å². The van der Waals surface area contributed by atoms with Crippen molar-refractivity contribution in [1.82, 2.24) is 9.71 Å². The first-order valence-corrected chi connectivity index (χ1v) is 11.4. The third-order valence-corrected chi connectivity index (χ3v) is 6.84. The molecular formula is C23H18ClF3N2O2S. The van der Waals surface area contributed by atoms with Gasteiger partial charge in [0, 0.05) is 22.1 Å². The van der Waals surface area contributed by atoms with Crippen LogP contribution in [-0.4, -0.2) is 13.4 Å². The molecule has 1 aromatic heterocycles. The number of halogens is 4. The summed E-state index contributed by atoms with van der Waals surface area (Å²) in [7, 11) is -3.98. The fourth-order valence-electron chi connectivity index (χ4n) is 3.48. The molecule has 0 aliphatic rings. The maximum Gasteiger partial charge on any atom is 0.416 e. The Bertz CT molecular complexity index is 1360. The molecule has 0 bridgehead atoms. The maximum absolute atomic E-state index is 13.1. The number of sulfonamides is 1. The minimum Gasteiger partial charge on any atom is -0.361 e. The molecule has 1 atom stereocenters. The first kappa shape index (κ1) is 22.4. The second-order valence-electron chi connectivity index (χ2n) is 7.42. The van der Waals surface area contributed by atoms with Crippen LogP contribution >= 0.6 is 11.6 Å². The normalized spacial score (nSPS) is 13.4. The third kappa shape index (κ3) is 4.53. The van der Waals surface area contributed by atoms with Gasteiger partial charge >= 0.3 is 6.18 Å². The van der Waals surface area contributed by atoms with Gasteiger partial charge in [-0.15, -0.1) is 0 Å². The molecule has 4 nitrogen and oxygen atoms in total. The number of hydrogen-bond donors (Lipinski definition) is 2. The van der Waals surface area contributed by atoms with Crippen LogP contribution in [0.5, 0.6) is 0 Å². The van der Waals surface area contributed by atoms with Crippen LogP contribution in [0.1, 0.15) is 28.3 Å². The number of aromatic nitrogens is 1. The van der Waals surface area contributed by atoms with Crippen LogP contribution in [0, 0.1) is 6.92 Å². The number of aryl methyl sites for hydroxylation is 1. The highest BCUT2D eigenvalue weighted by Gasteiger charge is 2.31. The highest BCUT2D eigenvalue weighted by atomic mass is 35.5. The van der Waals surface area contributed by atoms with E-state index in [0.29, 0.717) is 27.1 Å². The molecule has 1 heterocycles. The number of hydrogen-bond acceptors (Lipinski definition) is 2. The zero-order chi connectivity index (χ0) is 23.1. The van der Waals surface area contributed by atoms with Crippen molar-refractivity contribution in [3.8, 4) is 0 Å². The van der Waals surface area contributed by atoms with E-state index in [1.807, 2.05) is 6.92 Å². The van der Waals surface area contributed by atoms with Gasteiger partial charge in [0.15, 0.2) is 0 Å². The van der Waals surface area contributed by atoms with Crippen molar-refractivity contribution >= 4 is 32.5 Å². The molecule has 0 saturated heterocycles. The summed E-state index contributed by atoms with van der Waals surface area (Å²) in [6, 6.07) is 14.9. The van der Waals surface area contributed by atoms with Crippen LogP contribution in [-0.2, 0) is 16.2 Å². The fraction of sp³-hybridized carbons (Fsp3) is 0.130. The Labute approximate surface area is 188 Å². The van der Waals surface area contributed by atoms with E-state index in [4.69, 9.17) is 11.6 Å². The van der Waals surface area contributed by atoms with E-state index in [1.165, 1.54) is 24.3 Å². The molecule has 0 fully saturated rings. The van der Waals surface area contributed by atoms with Crippen molar-refractivity contribution in [2.24, 2.45) is 0 Å². The molecule has 2 N–H and O–H groups in total. The number of nitrogens with one attached hydrogen (secondary N) is 2. The van der Waals surface area contributed by atoms with Gasteiger partial charge in [0.2, 0.25) is 10.0 Å². The molecule has 0 saturated carbocycles. The molecule has 4 aromatic rings. The predicted molar refractivity (Wildman–Crippen MR) is 118 cm³/mol. The summed E-state index contributed by atoms with van der Waals surface area (Å²) in [5.74, 6) is 0. The molecule has 3 aromatic carbocycles. The molecule has 0 radical (unpaired) electrons. The number of alkyl halides is 3. The molecule has 166 valence electrons. The quantitative estimate of drug-likeness (QED) is 0.358. The summed E-state index contributed by atoms with van der Waals surface area (Å²) in [6.07, 6.45) is -2.87. The van der Waals surface area contributed by atoms with Gasteiger partial charge < -0.3 is 4.98 Å². The van der Waals surface area contributed by atoms with Crippen LogP contribution in [0.2, 0.25) is 5.02 Å². The highest BCUT2D eigenvalue weighted by molar-refractivity contribution is 7.89. The Morgan fingerprint density at radius 2 is 1.62 bits per heavy atom. The largest absolute Gasteiger partial charge is 0.416 e. The Kier molecular flexibility index (Phi) is 5.79. The molecule has 0 aliphatic carbocycles. The van der Waals surface area contributed by atoms with Gasteiger partial charge in [0.25, 0.3) is 0 Å².